The number of nitrogens with one attached hydrogen (secondary N) is 1. The number of benzene rings is 1. The average Bonchev–Trinajstić information content (AvgIpc) is 2.35. The van der Waals surface area contributed by atoms with Crippen LogP contribution in [-0.4, -0.2) is 11.7 Å². The minimum atomic E-state index is -0.611. The molecular formula is C13H17N3O. The van der Waals surface area contributed by atoms with E-state index in [0.29, 0.717) is 5.92 Å². The van der Waals surface area contributed by atoms with Crippen LogP contribution < -0.4 is 11.2 Å². The molecule has 0 saturated heterocycles. The summed E-state index contributed by atoms with van der Waals surface area (Å²) in [5.74, 6) is 0.400. The molecule has 0 unspecified atom stereocenters. The van der Waals surface area contributed by atoms with E-state index in [2.05, 4.69) is 34.8 Å². The molecule has 0 aromatic heterocycles. The summed E-state index contributed by atoms with van der Waals surface area (Å²) in [7, 11) is 0. The number of carbonyl (C=O) groups is 1. The zero-order chi connectivity index (χ0) is 12.3. The Morgan fingerprint density at radius 1 is 1.41 bits per heavy atom. The number of hydrazone groups is 1. The summed E-state index contributed by atoms with van der Waals surface area (Å²) in [6, 6.07) is 7.88. The van der Waals surface area contributed by atoms with Crippen molar-refractivity contribution in [3.05, 3.63) is 35.4 Å². The molecule has 0 heterocycles. The van der Waals surface area contributed by atoms with Gasteiger partial charge in [-0.05, 0) is 37.3 Å². The number of aryl methyl sites for hydroxylation is 1. The number of nitrogens with two attached hydrogens (primary N) is 1. The van der Waals surface area contributed by atoms with Gasteiger partial charge >= 0.3 is 6.03 Å². The highest BCUT2D eigenvalue weighted by molar-refractivity contribution is 5.86. The van der Waals surface area contributed by atoms with Crippen LogP contribution in [0.4, 0.5) is 4.79 Å². The van der Waals surface area contributed by atoms with Crippen molar-refractivity contribution in [1.29, 1.82) is 0 Å². The van der Waals surface area contributed by atoms with E-state index in [1.807, 2.05) is 6.92 Å². The van der Waals surface area contributed by atoms with Gasteiger partial charge in [0, 0.05) is 11.6 Å². The maximum atomic E-state index is 10.6. The Kier molecular flexibility index (Phi) is 3.42. The van der Waals surface area contributed by atoms with Gasteiger partial charge < -0.3 is 5.73 Å². The van der Waals surface area contributed by atoms with Gasteiger partial charge in [-0.1, -0.05) is 24.3 Å². The predicted octanol–water partition coefficient (Wildman–Crippen LogP) is 1.84. The number of rotatable bonds is 2. The second-order valence-electron chi connectivity index (χ2n) is 4.44. The molecule has 2 amide bonds. The Hall–Kier alpha value is -1.84. The van der Waals surface area contributed by atoms with Crippen LogP contribution in [0.15, 0.2) is 29.4 Å². The standard InChI is InChI=1S/C13H17N3O/c1-9(15-16-13(14)17)11-7-6-10-4-2-3-5-12(10)8-11/h2-5,11H,6-8H2,1H3,(H3,14,16,17)/b15-9+/t11-/m1/s1. The number of urea groups is 1. The topological polar surface area (TPSA) is 67.5 Å². The molecule has 2 rings (SSSR count). The third-order valence-corrected chi connectivity index (χ3v) is 3.28. The lowest BCUT2D eigenvalue weighted by atomic mass is 9.82. The highest BCUT2D eigenvalue weighted by Crippen LogP contribution is 2.26. The van der Waals surface area contributed by atoms with Crippen molar-refractivity contribution in [3.63, 3.8) is 0 Å². The quantitative estimate of drug-likeness (QED) is 0.592. The van der Waals surface area contributed by atoms with Crippen LogP contribution in [0, 0.1) is 5.92 Å². The van der Waals surface area contributed by atoms with Crippen molar-refractivity contribution >= 4 is 11.7 Å². The van der Waals surface area contributed by atoms with Gasteiger partial charge in [0.25, 0.3) is 0 Å². The minimum Gasteiger partial charge on any atom is -0.350 e. The van der Waals surface area contributed by atoms with Crippen LogP contribution in [-0.2, 0) is 12.8 Å². The van der Waals surface area contributed by atoms with Crippen LogP contribution in [0.25, 0.3) is 0 Å². The van der Waals surface area contributed by atoms with Crippen molar-refractivity contribution in [3.8, 4) is 0 Å². The van der Waals surface area contributed by atoms with Crippen molar-refractivity contribution in [2.24, 2.45) is 16.8 Å². The molecule has 1 aliphatic carbocycles. The van der Waals surface area contributed by atoms with E-state index in [0.717, 1.165) is 25.0 Å². The second kappa shape index (κ2) is 4.99. The monoisotopic (exact) mass is 231 g/mol. The molecule has 0 fully saturated rings. The summed E-state index contributed by atoms with van der Waals surface area (Å²) >= 11 is 0. The fourth-order valence-electron chi connectivity index (χ4n) is 2.29. The number of nitrogens with zero attached hydrogens (tertiary/aromatic N) is 1. The van der Waals surface area contributed by atoms with E-state index >= 15 is 0 Å². The maximum Gasteiger partial charge on any atom is 0.332 e. The number of fused-ring (bicyclic) bond motifs is 1. The largest absolute Gasteiger partial charge is 0.350 e. The fourth-order valence-corrected chi connectivity index (χ4v) is 2.29. The molecule has 1 aliphatic rings. The molecule has 0 bridgehead atoms. The third kappa shape index (κ3) is 2.84. The van der Waals surface area contributed by atoms with Gasteiger partial charge in [0.1, 0.15) is 0 Å². The van der Waals surface area contributed by atoms with Crippen LogP contribution >= 0.6 is 0 Å². The molecule has 4 nitrogen and oxygen atoms in total. The van der Waals surface area contributed by atoms with Crippen LogP contribution in [0.5, 0.6) is 0 Å². The molecular weight excluding hydrogens is 214 g/mol. The SMILES string of the molecule is C/C(=N\NC(N)=O)[C@@H]1CCc2ccccc2C1. The predicted molar refractivity (Wildman–Crippen MR) is 67.8 cm³/mol. The lowest BCUT2D eigenvalue weighted by molar-refractivity contribution is 0.249. The molecule has 4 heteroatoms. The summed E-state index contributed by atoms with van der Waals surface area (Å²) in [6.45, 7) is 1.94. The molecule has 0 radical (unpaired) electrons. The molecule has 1 aromatic rings. The molecule has 3 N–H and O–H groups in total. The number of primary amides is 1. The Morgan fingerprint density at radius 3 is 2.82 bits per heavy atom. The Morgan fingerprint density at radius 2 is 2.12 bits per heavy atom. The van der Waals surface area contributed by atoms with Gasteiger partial charge in [0.2, 0.25) is 0 Å². The van der Waals surface area contributed by atoms with E-state index in [1.165, 1.54) is 11.1 Å². The Balaban J connectivity index is 2.07. The molecule has 17 heavy (non-hydrogen) atoms. The molecule has 1 aromatic carbocycles. The highest BCUT2D eigenvalue weighted by Gasteiger charge is 2.20. The number of amides is 2. The number of hydrogen-bond donors (Lipinski definition) is 2. The van der Waals surface area contributed by atoms with Crippen LogP contribution in [0.2, 0.25) is 0 Å². The normalized spacial score (nSPS) is 19.6. The summed E-state index contributed by atoms with van der Waals surface area (Å²) in [4.78, 5) is 10.6. The molecule has 0 spiro atoms. The van der Waals surface area contributed by atoms with Crippen LogP contribution in [0.3, 0.4) is 0 Å². The Bertz CT molecular complexity index is 454. The smallest absolute Gasteiger partial charge is 0.332 e. The van der Waals surface area contributed by atoms with Crippen molar-refractivity contribution < 1.29 is 4.79 Å². The van der Waals surface area contributed by atoms with Gasteiger partial charge in [-0.15, -0.1) is 0 Å². The number of carbonyl (C=O) groups excluding carboxylic acids is 1. The number of hydrogen-bond acceptors (Lipinski definition) is 2. The molecule has 1 atom stereocenters. The van der Waals surface area contributed by atoms with Gasteiger partial charge in [-0.25, -0.2) is 10.2 Å². The third-order valence-electron chi connectivity index (χ3n) is 3.28. The van der Waals surface area contributed by atoms with E-state index < -0.39 is 6.03 Å². The first-order valence-corrected chi connectivity index (χ1v) is 5.83. The molecule has 0 saturated carbocycles. The first kappa shape index (κ1) is 11.6. The van der Waals surface area contributed by atoms with Crippen molar-refractivity contribution in [1.82, 2.24) is 5.43 Å². The van der Waals surface area contributed by atoms with Crippen molar-refractivity contribution in [2.75, 3.05) is 0 Å². The maximum absolute atomic E-state index is 10.6. The molecule has 90 valence electrons. The Labute approximate surface area is 101 Å². The summed E-state index contributed by atoms with van der Waals surface area (Å²) in [5, 5.41) is 4.01. The zero-order valence-corrected chi connectivity index (χ0v) is 9.94. The van der Waals surface area contributed by atoms with E-state index in [4.69, 9.17) is 5.73 Å². The van der Waals surface area contributed by atoms with Crippen molar-refractivity contribution in [2.45, 2.75) is 26.2 Å². The second-order valence-corrected chi connectivity index (χ2v) is 4.44. The summed E-state index contributed by atoms with van der Waals surface area (Å²) in [6.07, 6.45) is 3.14. The lowest BCUT2D eigenvalue weighted by Gasteiger charge is -2.24. The van der Waals surface area contributed by atoms with Crippen LogP contribution in [0.1, 0.15) is 24.5 Å². The van der Waals surface area contributed by atoms with Gasteiger partial charge in [-0.2, -0.15) is 5.10 Å². The van der Waals surface area contributed by atoms with E-state index in [-0.39, 0.29) is 0 Å². The molecule has 0 aliphatic heterocycles. The zero-order valence-electron chi connectivity index (χ0n) is 9.94. The average molecular weight is 231 g/mol. The van der Waals surface area contributed by atoms with Gasteiger partial charge in [-0.3, -0.25) is 0 Å². The fraction of sp³-hybridized carbons (Fsp3) is 0.385. The van der Waals surface area contributed by atoms with E-state index in [1.54, 1.807) is 0 Å². The highest BCUT2D eigenvalue weighted by atomic mass is 16.2. The van der Waals surface area contributed by atoms with Gasteiger partial charge in [0.05, 0.1) is 0 Å². The van der Waals surface area contributed by atoms with Gasteiger partial charge in [0.15, 0.2) is 0 Å². The summed E-state index contributed by atoms with van der Waals surface area (Å²) < 4.78 is 0. The van der Waals surface area contributed by atoms with E-state index in [9.17, 15) is 4.79 Å². The lowest BCUT2D eigenvalue weighted by Crippen LogP contribution is -2.28. The summed E-state index contributed by atoms with van der Waals surface area (Å²) in [5.41, 5.74) is 11.0. The first-order chi connectivity index (χ1) is 8.16. The minimum absolute atomic E-state index is 0.400. The first-order valence-electron chi connectivity index (χ1n) is 5.83.